The first-order valence-corrected chi connectivity index (χ1v) is 7.44. The van der Waals surface area contributed by atoms with Crippen LogP contribution in [0.1, 0.15) is 30.4 Å². The number of thiophene rings is 1. The van der Waals surface area contributed by atoms with Crippen LogP contribution < -0.4 is 4.72 Å². The molecule has 1 heterocycles. The molecule has 17 heavy (non-hydrogen) atoms. The van der Waals surface area contributed by atoms with E-state index in [9.17, 15) is 13.2 Å². The van der Waals surface area contributed by atoms with E-state index in [1.807, 2.05) is 13.8 Å². The van der Waals surface area contributed by atoms with Gasteiger partial charge in [-0.05, 0) is 18.9 Å². The van der Waals surface area contributed by atoms with Crippen molar-refractivity contribution >= 4 is 27.3 Å². The second kappa shape index (κ2) is 5.16. The van der Waals surface area contributed by atoms with E-state index in [4.69, 9.17) is 5.11 Å². The van der Waals surface area contributed by atoms with E-state index in [1.54, 1.807) is 6.92 Å². The van der Waals surface area contributed by atoms with Crippen LogP contribution in [0.3, 0.4) is 0 Å². The van der Waals surface area contributed by atoms with Crippen molar-refractivity contribution in [3.05, 3.63) is 16.3 Å². The molecule has 0 radical (unpaired) electrons. The van der Waals surface area contributed by atoms with E-state index in [0.29, 0.717) is 0 Å². The first-order valence-electron chi connectivity index (χ1n) is 5.08. The summed E-state index contributed by atoms with van der Waals surface area (Å²) in [6.07, 6.45) is 0. The molecule has 0 fully saturated rings. The van der Waals surface area contributed by atoms with Crippen molar-refractivity contribution in [3.8, 4) is 0 Å². The number of carbonyl (C=O) groups is 1. The van der Waals surface area contributed by atoms with Gasteiger partial charge in [0.25, 0.3) is 0 Å². The minimum Gasteiger partial charge on any atom is -0.477 e. The van der Waals surface area contributed by atoms with Gasteiger partial charge in [-0.15, -0.1) is 11.3 Å². The summed E-state index contributed by atoms with van der Waals surface area (Å²) in [6, 6.07) is 0.968. The molecule has 0 aromatic carbocycles. The fourth-order valence-electron chi connectivity index (χ4n) is 1.02. The summed E-state index contributed by atoms with van der Waals surface area (Å²) in [6.45, 7) is 5.58. The molecule has 0 bridgehead atoms. The standard InChI is InChI=1S/C10H15NO4S2/c1-6(2)7(3)11-17(14,15)8-4-9(10(12)13)16-5-8/h4-7,11H,1-3H3,(H,12,13). The van der Waals surface area contributed by atoms with Crippen molar-refractivity contribution in [2.24, 2.45) is 5.92 Å². The summed E-state index contributed by atoms with van der Waals surface area (Å²) < 4.78 is 26.3. The smallest absolute Gasteiger partial charge is 0.345 e. The minimum atomic E-state index is -3.62. The molecule has 1 rings (SSSR count). The Morgan fingerprint density at radius 3 is 2.41 bits per heavy atom. The summed E-state index contributed by atoms with van der Waals surface area (Å²) in [5.74, 6) is -0.948. The Bertz CT molecular complexity index is 504. The Morgan fingerprint density at radius 1 is 1.41 bits per heavy atom. The molecule has 96 valence electrons. The Labute approximate surface area is 105 Å². The number of hydrogen-bond acceptors (Lipinski definition) is 4. The summed E-state index contributed by atoms with van der Waals surface area (Å²) in [7, 11) is -3.62. The Hall–Kier alpha value is -0.920. The Kier molecular flexibility index (Phi) is 4.29. The van der Waals surface area contributed by atoms with Crippen molar-refractivity contribution in [1.29, 1.82) is 0 Å². The predicted octanol–water partition coefficient (Wildman–Crippen LogP) is 1.77. The molecule has 2 N–H and O–H groups in total. The highest BCUT2D eigenvalue weighted by Gasteiger charge is 2.21. The zero-order chi connectivity index (χ0) is 13.2. The minimum absolute atomic E-state index is 0.00685. The SMILES string of the molecule is CC(C)C(C)NS(=O)(=O)c1csc(C(=O)O)c1. The first-order chi connectivity index (χ1) is 7.74. The summed E-state index contributed by atoms with van der Waals surface area (Å²) in [4.78, 5) is 10.7. The number of aromatic carboxylic acids is 1. The number of carboxylic acid groups (broad SMARTS) is 1. The highest BCUT2D eigenvalue weighted by molar-refractivity contribution is 7.89. The molecule has 0 amide bonds. The van der Waals surface area contributed by atoms with Gasteiger partial charge in [0.1, 0.15) is 4.88 Å². The molecule has 1 aromatic heterocycles. The van der Waals surface area contributed by atoms with Crippen LogP contribution in [0.4, 0.5) is 0 Å². The van der Waals surface area contributed by atoms with Crippen molar-refractivity contribution in [2.45, 2.75) is 31.7 Å². The maximum Gasteiger partial charge on any atom is 0.345 e. The highest BCUT2D eigenvalue weighted by Crippen LogP contribution is 2.20. The molecule has 0 aliphatic rings. The number of nitrogens with one attached hydrogen (secondary N) is 1. The maximum absolute atomic E-state index is 11.9. The fraction of sp³-hybridized carbons (Fsp3) is 0.500. The lowest BCUT2D eigenvalue weighted by Gasteiger charge is -2.16. The van der Waals surface area contributed by atoms with Crippen LogP contribution in [0.2, 0.25) is 0 Å². The van der Waals surface area contributed by atoms with E-state index >= 15 is 0 Å². The van der Waals surface area contributed by atoms with Gasteiger partial charge >= 0.3 is 5.97 Å². The fourth-order valence-corrected chi connectivity index (χ4v) is 3.52. The number of rotatable bonds is 5. The molecule has 0 spiro atoms. The molecule has 1 unspecified atom stereocenters. The lowest BCUT2D eigenvalue weighted by atomic mass is 10.1. The van der Waals surface area contributed by atoms with Crippen molar-refractivity contribution in [2.75, 3.05) is 0 Å². The van der Waals surface area contributed by atoms with Crippen LogP contribution in [0.15, 0.2) is 16.3 Å². The Morgan fingerprint density at radius 2 is 2.00 bits per heavy atom. The van der Waals surface area contributed by atoms with Gasteiger partial charge in [-0.2, -0.15) is 0 Å². The van der Waals surface area contributed by atoms with Crippen molar-refractivity contribution in [1.82, 2.24) is 4.72 Å². The third kappa shape index (κ3) is 3.52. The molecule has 5 nitrogen and oxygen atoms in total. The van der Waals surface area contributed by atoms with Crippen molar-refractivity contribution in [3.63, 3.8) is 0 Å². The molecular formula is C10H15NO4S2. The third-order valence-corrected chi connectivity index (χ3v) is 5.04. The van der Waals surface area contributed by atoms with Crippen LogP contribution >= 0.6 is 11.3 Å². The molecule has 7 heteroatoms. The summed E-state index contributed by atoms with van der Waals surface area (Å²) in [5.41, 5.74) is 0. The average molecular weight is 277 g/mol. The van der Waals surface area contributed by atoms with Gasteiger partial charge in [0.05, 0.1) is 4.90 Å². The lowest BCUT2D eigenvalue weighted by molar-refractivity contribution is 0.0702. The van der Waals surface area contributed by atoms with E-state index < -0.39 is 16.0 Å². The zero-order valence-electron chi connectivity index (χ0n) is 9.80. The van der Waals surface area contributed by atoms with Gasteiger partial charge in [0.2, 0.25) is 10.0 Å². The van der Waals surface area contributed by atoms with Crippen LogP contribution in [0.5, 0.6) is 0 Å². The van der Waals surface area contributed by atoms with E-state index in [1.165, 1.54) is 11.4 Å². The zero-order valence-corrected chi connectivity index (χ0v) is 11.4. The molecule has 1 aromatic rings. The van der Waals surface area contributed by atoms with Crippen LogP contribution in [0, 0.1) is 5.92 Å². The normalized spacial score (nSPS) is 13.9. The third-order valence-electron chi connectivity index (χ3n) is 2.44. The van der Waals surface area contributed by atoms with Crippen LogP contribution in [-0.4, -0.2) is 25.5 Å². The second-order valence-electron chi connectivity index (χ2n) is 4.11. The van der Waals surface area contributed by atoms with Crippen LogP contribution in [-0.2, 0) is 10.0 Å². The molecular weight excluding hydrogens is 262 g/mol. The van der Waals surface area contributed by atoms with Crippen molar-refractivity contribution < 1.29 is 18.3 Å². The summed E-state index contributed by atoms with van der Waals surface area (Å²) >= 11 is 0.901. The molecule has 0 aliphatic carbocycles. The van der Waals surface area contributed by atoms with E-state index in [0.717, 1.165) is 11.3 Å². The second-order valence-corrected chi connectivity index (χ2v) is 6.73. The summed E-state index contributed by atoms with van der Waals surface area (Å²) in [5, 5.41) is 10.1. The number of carboxylic acids is 1. The van der Waals surface area contributed by atoms with Gasteiger partial charge in [-0.1, -0.05) is 13.8 Å². The largest absolute Gasteiger partial charge is 0.477 e. The average Bonchev–Trinajstić information content (AvgIpc) is 2.65. The maximum atomic E-state index is 11.9. The van der Waals surface area contributed by atoms with Crippen LogP contribution in [0.25, 0.3) is 0 Å². The highest BCUT2D eigenvalue weighted by atomic mass is 32.2. The first kappa shape index (κ1) is 14.1. The molecule has 1 atom stereocenters. The van der Waals surface area contributed by atoms with E-state index in [-0.39, 0.29) is 21.7 Å². The Balaban J connectivity index is 2.93. The molecule has 0 saturated heterocycles. The quantitative estimate of drug-likeness (QED) is 0.859. The molecule has 0 aliphatic heterocycles. The predicted molar refractivity (Wildman–Crippen MR) is 65.9 cm³/mol. The number of sulfonamides is 1. The van der Waals surface area contributed by atoms with E-state index in [2.05, 4.69) is 4.72 Å². The van der Waals surface area contributed by atoms with Gasteiger partial charge in [0.15, 0.2) is 0 Å². The molecule has 0 saturated carbocycles. The number of hydrogen-bond donors (Lipinski definition) is 2. The van der Waals surface area contributed by atoms with Gasteiger partial charge in [-0.3, -0.25) is 0 Å². The van der Waals surface area contributed by atoms with Gasteiger partial charge in [0, 0.05) is 11.4 Å². The lowest BCUT2D eigenvalue weighted by Crippen LogP contribution is -2.35. The topological polar surface area (TPSA) is 83.5 Å². The monoisotopic (exact) mass is 277 g/mol. The van der Waals surface area contributed by atoms with Gasteiger partial charge < -0.3 is 5.11 Å². The van der Waals surface area contributed by atoms with Gasteiger partial charge in [-0.25, -0.2) is 17.9 Å².